The fourth-order valence-corrected chi connectivity index (χ4v) is 4.03. The van der Waals surface area contributed by atoms with Crippen LogP contribution in [0.2, 0.25) is 0 Å². The van der Waals surface area contributed by atoms with E-state index < -0.39 is 15.6 Å². The maximum atomic E-state index is 12.8. The molecule has 0 spiro atoms. The molecule has 2 aromatic rings. The largest absolute Gasteiger partial charge is 0.492 e. The van der Waals surface area contributed by atoms with Crippen molar-refractivity contribution in [2.75, 3.05) is 20.2 Å². The Morgan fingerprint density at radius 1 is 1.11 bits per heavy atom. The van der Waals surface area contributed by atoms with Gasteiger partial charge in [-0.1, -0.05) is 24.3 Å². The Morgan fingerprint density at radius 3 is 2.36 bits per heavy atom. The monoisotopic (exact) mass is 404 g/mol. The summed E-state index contributed by atoms with van der Waals surface area (Å²) in [6, 6.07) is 14.0. The van der Waals surface area contributed by atoms with Crippen LogP contribution < -0.4 is 9.46 Å². The van der Waals surface area contributed by atoms with Crippen molar-refractivity contribution in [1.82, 2.24) is 9.62 Å². The molecule has 0 fully saturated rings. The molecule has 2 aromatic carbocycles. The topological polar surface area (TPSA) is 75.7 Å². The Labute approximate surface area is 167 Å². The van der Waals surface area contributed by atoms with Gasteiger partial charge in [0.1, 0.15) is 12.4 Å². The normalized spacial score (nSPS) is 11.9. The van der Waals surface area contributed by atoms with Gasteiger partial charge in [0.05, 0.1) is 11.4 Å². The van der Waals surface area contributed by atoms with Crippen LogP contribution in [-0.2, 0) is 10.0 Å². The van der Waals surface area contributed by atoms with Crippen LogP contribution in [0.15, 0.2) is 53.4 Å². The average Bonchev–Trinajstić information content (AvgIpc) is 2.60. The number of benzene rings is 2. The first-order valence-electron chi connectivity index (χ1n) is 9.07. The number of nitrogens with one attached hydrogen (secondary N) is 1. The second kappa shape index (κ2) is 8.75. The molecular formula is C21H28N2O4S. The van der Waals surface area contributed by atoms with Crippen LogP contribution in [0.25, 0.3) is 0 Å². The smallest absolute Gasteiger partial charge is 0.254 e. The maximum Gasteiger partial charge on any atom is 0.254 e. The molecule has 0 unspecified atom stereocenters. The van der Waals surface area contributed by atoms with Crippen LogP contribution in [0, 0.1) is 6.92 Å². The predicted octanol–water partition coefficient (Wildman–Crippen LogP) is 3.22. The molecule has 6 nitrogen and oxygen atoms in total. The SMILES string of the molecule is Cc1ccc(S(=O)(=O)NC(C)(C)C)cc1C(=O)N(C)CCOc1ccccc1. The van der Waals surface area contributed by atoms with Crippen LogP contribution in [0.4, 0.5) is 0 Å². The van der Waals surface area contributed by atoms with Crippen molar-refractivity contribution in [3.05, 3.63) is 59.7 Å². The quantitative estimate of drug-likeness (QED) is 0.769. The van der Waals surface area contributed by atoms with Crippen LogP contribution in [-0.4, -0.2) is 45.0 Å². The van der Waals surface area contributed by atoms with Gasteiger partial charge in [-0.15, -0.1) is 0 Å². The Bertz CT molecular complexity index is 919. The molecule has 1 N–H and O–H groups in total. The van der Waals surface area contributed by atoms with E-state index in [4.69, 9.17) is 4.74 Å². The lowest BCUT2D eigenvalue weighted by molar-refractivity contribution is 0.0773. The van der Waals surface area contributed by atoms with Crippen molar-refractivity contribution in [2.24, 2.45) is 0 Å². The Balaban J connectivity index is 2.11. The second-order valence-corrected chi connectivity index (χ2v) is 9.40. The number of ether oxygens (including phenoxy) is 1. The third-order valence-corrected chi connectivity index (χ3v) is 5.73. The number of para-hydroxylation sites is 1. The molecule has 0 bridgehead atoms. The highest BCUT2D eigenvalue weighted by atomic mass is 32.2. The van der Waals surface area contributed by atoms with Crippen molar-refractivity contribution in [3.8, 4) is 5.75 Å². The minimum atomic E-state index is -3.71. The Hall–Kier alpha value is -2.38. The highest BCUT2D eigenvalue weighted by Crippen LogP contribution is 2.19. The maximum absolute atomic E-state index is 12.8. The van der Waals surface area contributed by atoms with Crippen molar-refractivity contribution < 1.29 is 17.9 Å². The molecule has 28 heavy (non-hydrogen) atoms. The molecule has 0 aliphatic carbocycles. The van der Waals surface area contributed by atoms with Crippen molar-refractivity contribution in [1.29, 1.82) is 0 Å². The lowest BCUT2D eigenvalue weighted by Crippen LogP contribution is -2.40. The van der Waals surface area contributed by atoms with Crippen LogP contribution in [0.5, 0.6) is 5.75 Å². The van der Waals surface area contributed by atoms with E-state index in [1.807, 2.05) is 30.3 Å². The summed E-state index contributed by atoms with van der Waals surface area (Å²) in [7, 11) is -2.04. The van der Waals surface area contributed by atoms with Gasteiger partial charge in [-0.05, 0) is 57.5 Å². The van der Waals surface area contributed by atoms with Crippen molar-refractivity contribution in [3.63, 3.8) is 0 Å². The molecule has 0 atom stereocenters. The van der Waals surface area contributed by atoms with E-state index in [1.165, 1.54) is 17.0 Å². The van der Waals surface area contributed by atoms with Crippen LogP contribution in [0.1, 0.15) is 36.7 Å². The molecule has 0 aliphatic rings. The highest BCUT2D eigenvalue weighted by Gasteiger charge is 2.24. The van der Waals surface area contributed by atoms with E-state index in [1.54, 1.807) is 40.8 Å². The van der Waals surface area contributed by atoms with Gasteiger partial charge in [-0.3, -0.25) is 4.79 Å². The standard InChI is InChI=1S/C21H28N2O4S/c1-16-11-12-18(28(25,26)22-21(2,3)4)15-19(16)20(24)23(5)13-14-27-17-9-7-6-8-10-17/h6-12,15,22H,13-14H2,1-5H3. The lowest BCUT2D eigenvalue weighted by Gasteiger charge is -2.22. The van der Waals surface area contributed by atoms with Crippen LogP contribution >= 0.6 is 0 Å². The summed E-state index contributed by atoms with van der Waals surface area (Å²) in [6.45, 7) is 7.82. The number of carbonyl (C=O) groups excluding carboxylic acids is 1. The Kier molecular flexibility index (Phi) is 6.85. The van der Waals surface area contributed by atoms with E-state index in [9.17, 15) is 13.2 Å². The minimum absolute atomic E-state index is 0.0744. The molecule has 7 heteroatoms. The Morgan fingerprint density at radius 2 is 1.75 bits per heavy atom. The number of sulfonamides is 1. The molecule has 0 aromatic heterocycles. The van der Waals surface area contributed by atoms with Gasteiger partial charge in [-0.2, -0.15) is 0 Å². The van der Waals surface area contributed by atoms with E-state index in [0.29, 0.717) is 18.7 Å². The zero-order valence-corrected chi connectivity index (χ0v) is 17.8. The minimum Gasteiger partial charge on any atom is -0.492 e. The van der Waals surface area contributed by atoms with Gasteiger partial charge in [-0.25, -0.2) is 13.1 Å². The summed E-state index contributed by atoms with van der Waals surface area (Å²) in [5.74, 6) is 0.489. The van der Waals surface area contributed by atoms with E-state index in [0.717, 1.165) is 11.3 Å². The number of rotatable bonds is 7. The zero-order valence-electron chi connectivity index (χ0n) is 17.0. The number of carbonyl (C=O) groups is 1. The summed E-state index contributed by atoms with van der Waals surface area (Å²) in [5, 5.41) is 0. The molecule has 0 saturated carbocycles. The van der Waals surface area contributed by atoms with E-state index in [-0.39, 0.29) is 10.8 Å². The fraction of sp³-hybridized carbons (Fsp3) is 0.381. The van der Waals surface area contributed by atoms with Crippen molar-refractivity contribution >= 4 is 15.9 Å². The molecule has 0 saturated heterocycles. The summed E-state index contributed by atoms with van der Waals surface area (Å²) >= 11 is 0. The van der Waals surface area contributed by atoms with Gasteiger partial charge in [0, 0.05) is 18.2 Å². The molecule has 2 rings (SSSR count). The van der Waals surface area contributed by atoms with Gasteiger partial charge >= 0.3 is 0 Å². The third kappa shape index (κ3) is 6.07. The number of aryl methyl sites for hydroxylation is 1. The lowest BCUT2D eigenvalue weighted by atomic mass is 10.1. The zero-order chi connectivity index (χ0) is 20.9. The first-order valence-corrected chi connectivity index (χ1v) is 10.6. The van der Waals surface area contributed by atoms with E-state index >= 15 is 0 Å². The number of hydrogen-bond acceptors (Lipinski definition) is 4. The van der Waals surface area contributed by atoms with Gasteiger partial charge < -0.3 is 9.64 Å². The summed E-state index contributed by atoms with van der Waals surface area (Å²) in [4.78, 5) is 14.4. The summed E-state index contributed by atoms with van der Waals surface area (Å²) in [5.41, 5.74) is 0.467. The average molecular weight is 405 g/mol. The fourth-order valence-electron chi connectivity index (χ4n) is 2.59. The molecule has 1 amide bonds. The van der Waals surface area contributed by atoms with Gasteiger partial charge in [0.15, 0.2) is 0 Å². The third-order valence-electron chi connectivity index (χ3n) is 3.98. The number of likely N-dealkylation sites (N-methyl/N-ethyl adjacent to an activating group) is 1. The summed E-state index contributed by atoms with van der Waals surface area (Å²) in [6.07, 6.45) is 0. The van der Waals surface area contributed by atoms with E-state index in [2.05, 4.69) is 4.72 Å². The van der Waals surface area contributed by atoms with Crippen molar-refractivity contribution in [2.45, 2.75) is 38.1 Å². The first-order chi connectivity index (χ1) is 13.0. The predicted molar refractivity (Wildman–Crippen MR) is 110 cm³/mol. The molecule has 0 aliphatic heterocycles. The number of amides is 1. The van der Waals surface area contributed by atoms with Gasteiger partial charge in [0.2, 0.25) is 10.0 Å². The molecule has 152 valence electrons. The first kappa shape index (κ1) is 21.9. The molecule has 0 radical (unpaired) electrons. The summed E-state index contributed by atoms with van der Waals surface area (Å²) < 4.78 is 33.4. The number of hydrogen-bond donors (Lipinski definition) is 1. The highest BCUT2D eigenvalue weighted by molar-refractivity contribution is 7.89. The number of nitrogens with zero attached hydrogens (tertiary/aromatic N) is 1. The molecular weight excluding hydrogens is 376 g/mol. The second-order valence-electron chi connectivity index (χ2n) is 7.72. The molecule has 0 heterocycles. The van der Waals surface area contributed by atoms with Crippen LogP contribution in [0.3, 0.4) is 0 Å². The van der Waals surface area contributed by atoms with Gasteiger partial charge in [0.25, 0.3) is 5.91 Å².